The van der Waals surface area contributed by atoms with Crippen LogP contribution in [-0.4, -0.2) is 12.0 Å². The fourth-order valence-electron chi connectivity index (χ4n) is 2.01. The van der Waals surface area contributed by atoms with E-state index in [2.05, 4.69) is 5.32 Å². The van der Waals surface area contributed by atoms with E-state index in [1.54, 1.807) is 0 Å². The van der Waals surface area contributed by atoms with E-state index in [0.29, 0.717) is 0 Å². The molecule has 1 N–H and O–H groups in total. The van der Waals surface area contributed by atoms with Gasteiger partial charge in [0.2, 0.25) is 0 Å². The van der Waals surface area contributed by atoms with E-state index in [4.69, 9.17) is 4.74 Å². The molecule has 3 heteroatoms. The summed E-state index contributed by atoms with van der Waals surface area (Å²) in [6.45, 7) is 0. The topological polar surface area (TPSA) is 38.3 Å². The van der Waals surface area contributed by atoms with Crippen molar-refractivity contribution >= 4 is 11.6 Å². The summed E-state index contributed by atoms with van der Waals surface area (Å²) in [4.78, 5) is 11.7. The predicted octanol–water partition coefficient (Wildman–Crippen LogP) is 2.25. The van der Waals surface area contributed by atoms with E-state index < -0.39 is 0 Å². The normalized spacial score (nSPS) is 24.5. The SMILES string of the molecule is O=C1Nc2ccccc2C1OC1CCC1. The van der Waals surface area contributed by atoms with Gasteiger partial charge < -0.3 is 10.1 Å². The molecule has 0 spiro atoms. The van der Waals surface area contributed by atoms with Gasteiger partial charge in [0, 0.05) is 11.3 Å². The summed E-state index contributed by atoms with van der Waals surface area (Å²) >= 11 is 0. The molecule has 15 heavy (non-hydrogen) atoms. The molecule has 3 nitrogen and oxygen atoms in total. The minimum Gasteiger partial charge on any atom is -0.360 e. The first-order chi connectivity index (χ1) is 7.34. The summed E-state index contributed by atoms with van der Waals surface area (Å²) in [6, 6.07) is 7.73. The van der Waals surface area contributed by atoms with Crippen LogP contribution in [0, 0.1) is 0 Å². The molecule has 0 saturated heterocycles. The van der Waals surface area contributed by atoms with E-state index >= 15 is 0 Å². The highest BCUT2D eigenvalue weighted by molar-refractivity contribution is 6.01. The van der Waals surface area contributed by atoms with Gasteiger partial charge in [-0.3, -0.25) is 4.79 Å². The van der Waals surface area contributed by atoms with Crippen molar-refractivity contribution in [1.82, 2.24) is 0 Å². The first-order valence-corrected chi connectivity index (χ1v) is 5.40. The van der Waals surface area contributed by atoms with Crippen molar-refractivity contribution in [2.45, 2.75) is 31.5 Å². The minimum absolute atomic E-state index is 0.0249. The molecule has 0 bridgehead atoms. The third-order valence-electron chi connectivity index (χ3n) is 3.12. The molecule has 1 aromatic carbocycles. The monoisotopic (exact) mass is 203 g/mol. The molecule has 1 amide bonds. The Morgan fingerprint density at radius 3 is 2.80 bits per heavy atom. The highest BCUT2D eigenvalue weighted by Gasteiger charge is 2.34. The molecular formula is C12H13NO2. The predicted molar refractivity (Wildman–Crippen MR) is 56.5 cm³/mol. The van der Waals surface area contributed by atoms with Gasteiger partial charge in [0.1, 0.15) is 0 Å². The first kappa shape index (κ1) is 8.92. The fraction of sp³-hybridized carbons (Fsp3) is 0.417. The van der Waals surface area contributed by atoms with Crippen molar-refractivity contribution in [2.75, 3.05) is 5.32 Å². The van der Waals surface area contributed by atoms with Crippen LogP contribution in [0.1, 0.15) is 30.9 Å². The number of benzene rings is 1. The molecule has 78 valence electrons. The van der Waals surface area contributed by atoms with Gasteiger partial charge in [-0.2, -0.15) is 0 Å². The van der Waals surface area contributed by atoms with Crippen molar-refractivity contribution < 1.29 is 9.53 Å². The van der Waals surface area contributed by atoms with Crippen molar-refractivity contribution in [3.8, 4) is 0 Å². The van der Waals surface area contributed by atoms with Crippen molar-refractivity contribution in [2.24, 2.45) is 0 Å². The number of rotatable bonds is 2. The second kappa shape index (κ2) is 3.35. The van der Waals surface area contributed by atoms with E-state index in [1.165, 1.54) is 6.42 Å². The first-order valence-electron chi connectivity index (χ1n) is 5.40. The molecule has 1 aliphatic heterocycles. The molecule has 2 aliphatic rings. The average molecular weight is 203 g/mol. The maximum absolute atomic E-state index is 11.7. The van der Waals surface area contributed by atoms with Gasteiger partial charge in [-0.1, -0.05) is 18.2 Å². The number of hydrogen-bond donors (Lipinski definition) is 1. The van der Waals surface area contributed by atoms with E-state index in [0.717, 1.165) is 24.1 Å². The molecule has 1 fully saturated rings. The lowest BCUT2D eigenvalue weighted by Crippen LogP contribution is -2.27. The van der Waals surface area contributed by atoms with E-state index in [1.807, 2.05) is 24.3 Å². The highest BCUT2D eigenvalue weighted by atomic mass is 16.5. The Labute approximate surface area is 88.4 Å². The summed E-state index contributed by atoms with van der Waals surface area (Å²) in [5.41, 5.74) is 1.88. The minimum atomic E-state index is -0.383. The van der Waals surface area contributed by atoms with Crippen LogP contribution in [0.4, 0.5) is 5.69 Å². The molecular weight excluding hydrogens is 190 g/mol. The quantitative estimate of drug-likeness (QED) is 0.800. The Morgan fingerprint density at radius 1 is 1.27 bits per heavy atom. The van der Waals surface area contributed by atoms with Crippen LogP contribution < -0.4 is 5.32 Å². The molecule has 0 aromatic heterocycles. The van der Waals surface area contributed by atoms with Crippen LogP contribution in [0.3, 0.4) is 0 Å². The maximum atomic E-state index is 11.7. The number of amides is 1. The average Bonchev–Trinajstić information content (AvgIpc) is 2.48. The van der Waals surface area contributed by atoms with Gasteiger partial charge in [-0.15, -0.1) is 0 Å². The Hall–Kier alpha value is -1.35. The molecule has 0 radical (unpaired) electrons. The number of nitrogens with one attached hydrogen (secondary N) is 1. The molecule has 1 saturated carbocycles. The van der Waals surface area contributed by atoms with Crippen LogP contribution in [-0.2, 0) is 9.53 Å². The summed E-state index contributed by atoms with van der Waals surface area (Å²) in [6.07, 6.45) is 3.30. The van der Waals surface area contributed by atoms with Gasteiger partial charge in [0.15, 0.2) is 6.10 Å². The zero-order chi connectivity index (χ0) is 10.3. The lowest BCUT2D eigenvalue weighted by molar-refractivity contribution is -0.134. The Kier molecular flexibility index (Phi) is 1.99. The van der Waals surface area contributed by atoms with Crippen LogP contribution in [0.5, 0.6) is 0 Å². The Balaban J connectivity index is 1.85. The smallest absolute Gasteiger partial charge is 0.258 e. The zero-order valence-electron chi connectivity index (χ0n) is 8.40. The van der Waals surface area contributed by atoms with Crippen molar-refractivity contribution in [3.05, 3.63) is 29.8 Å². The second-order valence-electron chi connectivity index (χ2n) is 4.15. The standard InChI is InChI=1S/C12H13NO2/c14-12-11(15-8-4-3-5-8)9-6-1-2-7-10(9)13-12/h1-2,6-8,11H,3-5H2,(H,13,14). The van der Waals surface area contributed by atoms with Crippen LogP contribution in [0.15, 0.2) is 24.3 Å². The van der Waals surface area contributed by atoms with Crippen LogP contribution >= 0.6 is 0 Å². The van der Waals surface area contributed by atoms with Crippen LogP contribution in [0.25, 0.3) is 0 Å². The highest BCUT2D eigenvalue weighted by Crippen LogP contribution is 2.36. The lowest BCUT2D eigenvalue weighted by atomic mass is 9.95. The molecule has 1 aromatic rings. The van der Waals surface area contributed by atoms with Gasteiger partial charge in [0.25, 0.3) is 5.91 Å². The number of anilines is 1. The van der Waals surface area contributed by atoms with Gasteiger partial charge in [-0.25, -0.2) is 0 Å². The molecule has 1 heterocycles. The van der Waals surface area contributed by atoms with Gasteiger partial charge in [0.05, 0.1) is 6.10 Å². The van der Waals surface area contributed by atoms with Crippen molar-refractivity contribution in [1.29, 1.82) is 0 Å². The van der Waals surface area contributed by atoms with Gasteiger partial charge >= 0.3 is 0 Å². The lowest BCUT2D eigenvalue weighted by Gasteiger charge is -2.28. The summed E-state index contributed by atoms with van der Waals surface area (Å²) in [7, 11) is 0. The number of carbonyl (C=O) groups excluding carboxylic acids is 1. The van der Waals surface area contributed by atoms with Crippen molar-refractivity contribution in [3.63, 3.8) is 0 Å². The largest absolute Gasteiger partial charge is 0.360 e. The summed E-state index contributed by atoms with van der Waals surface area (Å²) < 4.78 is 5.77. The molecule has 1 atom stereocenters. The Morgan fingerprint density at radius 2 is 2.07 bits per heavy atom. The number of carbonyl (C=O) groups is 1. The number of hydrogen-bond acceptors (Lipinski definition) is 2. The second-order valence-corrected chi connectivity index (χ2v) is 4.15. The molecule has 1 unspecified atom stereocenters. The molecule has 3 rings (SSSR count). The zero-order valence-corrected chi connectivity index (χ0v) is 8.40. The van der Waals surface area contributed by atoms with E-state index in [9.17, 15) is 4.79 Å². The maximum Gasteiger partial charge on any atom is 0.258 e. The Bertz CT molecular complexity index is 398. The summed E-state index contributed by atoms with van der Waals surface area (Å²) in [5.74, 6) is -0.0249. The number of fused-ring (bicyclic) bond motifs is 1. The molecule has 1 aliphatic carbocycles. The van der Waals surface area contributed by atoms with E-state index in [-0.39, 0.29) is 18.1 Å². The number of para-hydroxylation sites is 1. The third kappa shape index (κ3) is 1.43. The van der Waals surface area contributed by atoms with Crippen LogP contribution in [0.2, 0.25) is 0 Å². The fourth-order valence-corrected chi connectivity index (χ4v) is 2.01. The number of ether oxygens (including phenoxy) is 1. The third-order valence-corrected chi connectivity index (χ3v) is 3.12. The summed E-state index contributed by atoms with van der Waals surface area (Å²) in [5, 5.41) is 2.84. The van der Waals surface area contributed by atoms with Gasteiger partial charge in [-0.05, 0) is 25.3 Å².